The summed E-state index contributed by atoms with van der Waals surface area (Å²) in [5, 5.41) is 1.21. The molecular weight excluding hydrogens is 435 g/mol. The van der Waals surface area contributed by atoms with Gasteiger partial charge in [0.05, 0.1) is 14.2 Å². The van der Waals surface area contributed by atoms with Crippen LogP contribution in [0.25, 0.3) is 0 Å². The molecule has 0 spiro atoms. The lowest BCUT2D eigenvalue weighted by Gasteiger charge is -2.22. The number of carbonyl (C=O) groups excluding carboxylic acids is 2. The van der Waals surface area contributed by atoms with E-state index in [0.717, 1.165) is 11.1 Å². The van der Waals surface area contributed by atoms with E-state index in [1.807, 2.05) is 0 Å². The summed E-state index contributed by atoms with van der Waals surface area (Å²) in [5.41, 5.74) is 1.17. The molecule has 1 aliphatic carbocycles. The number of rotatable bonds is 2. The van der Waals surface area contributed by atoms with Gasteiger partial charge in [0, 0.05) is 45.2 Å². The fraction of sp³-hybridized carbons (Fsp3) is 0.200. The van der Waals surface area contributed by atoms with Gasteiger partial charge in [-0.25, -0.2) is 0 Å². The number of hydrogen-bond acceptors (Lipinski definition) is 4. The van der Waals surface area contributed by atoms with E-state index in [0.29, 0.717) is 21.2 Å². The minimum absolute atomic E-state index is 0.0531. The van der Waals surface area contributed by atoms with Gasteiger partial charge >= 0.3 is 11.9 Å². The second kappa shape index (κ2) is 9.75. The molecule has 0 N–H and O–H groups in total. The third-order valence-corrected chi connectivity index (χ3v) is 5.38. The number of allylic oxidation sites excluding steroid dienone is 2. The molecule has 1 aliphatic rings. The quantitative estimate of drug-likeness (QED) is 0.372. The molecule has 0 heterocycles. The minimum Gasteiger partial charge on any atom is -0.468 e. The number of methoxy groups -OCH3 is 2. The molecule has 0 atom stereocenters. The largest absolute Gasteiger partial charge is 0.468 e. The summed E-state index contributed by atoms with van der Waals surface area (Å²) in [6.45, 7) is 0. The molecule has 0 saturated carbocycles. The van der Waals surface area contributed by atoms with Crippen molar-refractivity contribution in [3.63, 3.8) is 0 Å². The molecule has 0 unspecified atom stereocenters. The SMILES string of the molecule is COC(=O)C1(C(=O)OC)CC(C#Cc2ccc(Cl)cc2)=C(C#Cc2ccc(Cl)cc2)C1. The average molecular weight is 453 g/mol. The molecule has 0 amide bonds. The first kappa shape index (κ1) is 22.5. The predicted molar refractivity (Wildman–Crippen MR) is 119 cm³/mol. The van der Waals surface area contributed by atoms with Crippen molar-refractivity contribution < 1.29 is 19.1 Å². The minimum atomic E-state index is -1.50. The van der Waals surface area contributed by atoms with Gasteiger partial charge in [0.15, 0.2) is 5.41 Å². The van der Waals surface area contributed by atoms with Crippen molar-refractivity contribution in [2.75, 3.05) is 14.2 Å². The monoisotopic (exact) mass is 452 g/mol. The summed E-state index contributed by atoms with van der Waals surface area (Å²) >= 11 is 11.8. The third kappa shape index (κ3) is 5.12. The van der Waals surface area contributed by atoms with Crippen molar-refractivity contribution in [2.24, 2.45) is 5.41 Å². The number of esters is 2. The fourth-order valence-electron chi connectivity index (χ4n) is 3.24. The summed E-state index contributed by atoms with van der Waals surface area (Å²) in [5.74, 6) is 10.9. The standard InChI is InChI=1S/C25H18Cl2O4/c1-30-23(28)25(24(29)31-2)15-19(9-3-17-5-11-21(26)12-6-17)20(16-25)10-4-18-7-13-22(27)14-8-18/h5-8,11-14H,15-16H2,1-2H3. The van der Waals surface area contributed by atoms with Crippen LogP contribution in [0.15, 0.2) is 59.7 Å². The Morgan fingerprint density at radius 2 is 1.06 bits per heavy atom. The van der Waals surface area contributed by atoms with E-state index in [-0.39, 0.29) is 12.8 Å². The van der Waals surface area contributed by atoms with Crippen LogP contribution in [0.3, 0.4) is 0 Å². The van der Waals surface area contributed by atoms with Crippen LogP contribution in [0.2, 0.25) is 10.0 Å². The Kier molecular flexibility index (Phi) is 7.08. The van der Waals surface area contributed by atoms with E-state index in [2.05, 4.69) is 23.7 Å². The lowest BCUT2D eigenvalue weighted by molar-refractivity contribution is -0.168. The highest BCUT2D eigenvalue weighted by molar-refractivity contribution is 6.30. The molecule has 4 nitrogen and oxygen atoms in total. The third-order valence-electron chi connectivity index (χ3n) is 4.88. The summed E-state index contributed by atoms with van der Waals surface area (Å²) in [7, 11) is 2.48. The van der Waals surface area contributed by atoms with Crippen LogP contribution in [0.4, 0.5) is 0 Å². The van der Waals surface area contributed by atoms with Crippen molar-refractivity contribution in [2.45, 2.75) is 12.8 Å². The van der Waals surface area contributed by atoms with E-state index >= 15 is 0 Å². The summed E-state index contributed by atoms with van der Waals surface area (Å²) in [4.78, 5) is 25.2. The average Bonchev–Trinajstić information content (AvgIpc) is 3.17. The first-order valence-corrected chi connectivity index (χ1v) is 10.1. The number of hydrogen-bond donors (Lipinski definition) is 0. The fourth-order valence-corrected chi connectivity index (χ4v) is 3.50. The van der Waals surface area contributed by atoms with Crippen molar-refractivity contribution in [1.82, 2.24) is 0 Å². The lowest BCUT2D eigenvalue weighted by Crippen LogP contribution is -2.39. The molecule has 0 aliphatic heterocycles. The van der Waals surface area contributed by atoms with Crippen LogP contribution in [0, 0.1) is 29.1 Å². The maximum absolute atomic E-state index is 12.6. The molecular formula is C25H18Cl2O4. The molecule has 0 radical (unpaired) electrons. The Hall–Kier alpha value is -3.18. The maximum atomic E-state index is 12.6. The molecule has 0 fully saturated rings. The topological polar surface area (TPSA) is 52.6 Å². The van der Waals surface area contributed by atoms with E-state index in [1.54, 1.807) is 48.5 Å². The number of ether oxygens (including phenoxy) is 2. The van der Waals surface area contributed by atoms with Gasteiger partial charge in [-0.05, 0) is 48.5 Å². The van der Waals surface area contributed by atoms with Crippen LogP contribution in [0.5, 0.6) is 0 Å². The first-order chi connectivity index (χ1) is 14.9. The highest BCUT2D eigenvalue weighted by Gasteiger charge is 2.53. The summed E-state index contributed by atoms with van der Waals surface area (Å²) < 4.78 is 9.83. The molecule has 31 heavy (non-hydrogen) atoms. The molecule has 2 aromatic carbocycles. The predicted octanol–water partition coefficient (Wildman–Crippen LogP) is 4.82. The van der Waals surface area contributed by atoms with Crippen LogP contribution in [-0.4, -0.2) is 26.2 Å². The molecule has 0 aromatic heterocycles. The van der Waals surface area contributed by atoms with Crippen LogP contribution in [0.1, 0.15) is 24.0 Å². The van der Waals surface area contributed by atoms with Crippen molar-refractivity contribution in [1.29, 1.82) is 0 Å². The molecule has 2 aromatic rings. The first-order valence-electron chi connectivity index (χ1n) is 9.32. The Bertz CT molecular complexity index is 1060. The van der Waals surface area contributed by atoms with Gasteiger partial charge in [-0.2, -0.15) is 0 Å². The second-order valence-corrected chi connectivity index (χ2v) is 7.76. The highest BCUT2D eigenvalue weighted by atomic mass is 35.5. The van der Waals surface area contributed by atoms with Gasteiger partial charge in [0.1, 0.15) is 0 Å². The van der Waals surface area contributed by atoms with Gasteiger partial charge < -0.3 is 9.47 Å². The van der Waals surface area contributed by atoms with Crippen LogP contribution in [-0.2, 0) is 19.1 Å². The Labute approximate surface area is 191 Å². The molecule has 3 rings (SSSR count). The Balaban J connectivity index is 2.04. The maximum Gasteiger partial charge on any atom is 0.323 e. The van der Waals surface area contributed by atoms with E-state index in [4.69, 9.17) is 32.7 Å². The van der Waals surface area contributed by atoms with Gasteiger partial charge in [0.25, 0.3) is 0 Å². The highest BCUT2D eigenvalue weighted by Crippen LogP contribution is 2.43. The van der Waals surface area contributed by atoms with Crippen molar-refractivity contribution >= 4 is 35.1 Å². The number of carbonyl (C=O) groups is 2. The smallest absolute Gasteiger partial charge is 0.323 e. The van der Waals surface area contributed by atoms with Gasteiger partial charge in [0.2, 0.25) is 0 Å². The normalized spacial score (nSPS) is 14.1. The lowest BCUT2D eigenvalue weighted by atomic mass is 9.83. The van der Waals surface area contributed by atoms with Crippen LogP contribution < -0.4 is 0 Å². The van der Waals surface area contributed by atoms with Crippen molar-refractivity contribution in [3.05, 3.63) is 80.8 Å². The summed E-state index contributed by atoms with van der Waals surface area (Å²) in [6, 6.07) is 14.1. The van der Waals surface area contributed by atoms with Crippen molar-refractivity contribution in [3.8, 4) is 23.7 Å². The number of halogens is 2. The van der Waals surface area contributed by atoms with E-state index in [9.17, 15) is 9.59 Å². The summed E-state index contributed by atoms with van der Waals surface area (Å²) in [6.07, 6.45) is 0.106. The van der Waals surface area contributed by atoms with Crippen LogP contribution >= 0.6 is 23.2 Å². The number of benzene rings is 2. The zero-order valence-electron chi connectivity index (χ0n) is 16.9. The molecule has 0 saturated heterocycles. The zero-order valence-corrected chi connectivity index (χ0v) is 18.4. The zero-order chi connectivity index (χ0) is 22.4. The van der Waals surface area contributed by atoms with Gasteiger partial charge in [-0.1, -0.05) is 46.9 Å². The van der Waals surface area contributed by atoms with Gasteiger partial charge in [-0.15, -0.1) is 0 Å². The molecule has 156 valence electrons. The Morgan fingerprint density at radius 1 is 0.710 bits per heavy atom. The Morgan fingerprint density at radius 3 is 1.39 bits per heavy atom. The van der Waals surface area contributed by atoms with Gasteiger partial charge in [-0.3, -0.25) is 9.59 Å². The second-order valence-electron chi connectivity index (χ2n) is 6.89. The van der Waals surface area contributed by atoms with E-state index in [1.165, 1.54) is 14.2 Å². The van der Waals surface area contributed by atoms with E-state index < -0.39 is 17.4 Å². The molecule has 0 bridgehead atoms. The molecule has 6 heteroatoms.